The molecule has 21 heavy (non-hydrogen) atoms. The number of hydrogen-bond acceptors (Lipinski definition) is 5. The van der Waals surface area contributed by atoms with Gasteiger partial charge in [-0.2, -0.15) is 12.6 Å². The van der Waals surface area contributed by atoms with E-state index in [1.807, 2.05) is 20.8 Å². The van der Waals surface area contributed by atoms with E-state index < -0.39 is 17.9 Å². The fourth-order valence-electron chi connectivity index (χ4n) is 1.30. The van der Waals surface area contributed by atoms with Gasteiger partial charge in [-0.1, -0.05) is 0 Å². The zero-order valence-corrected chi connectivity index (χ0v) is 13.1. The summed E-state index contributed by atoms with van der Waals surface area (Å²) in [6, 6.07) is 2.20. The number of aliphatic imine (C=N–C) groups is 1. The van der Waals surface area contributed by atoms with Crippen molar-refractivity contribution in [3.8, 4) is 0 Å². The van der Waals surface area contributed by atoms with Gasteiger partial charge in [0.2, 0.25) is 0 Å². The highest BCUT2D eigenvalue weighted by Crippen LogP contribution is 2.06. The highest BCUT2D eigenvalue weighted by molar-refractivity contribution is 7.80. The average molecular weight is 309 g/mol. The van der Waals surface area contributed by atoms with Crippen LogP contribution in [-0.4, -0.2) is 45.5 Å². The van der Waals surface area contributed by atoms with Crippen molar-refractivity contribution in [2.45, 2.75) is 32.4 Å². The molecule has 7 heteroatoms. The predicted molar refractivity (Wildman–Crippen MR) is 84.3 cm³/mol. The highest BCUT2D eigenvalue weighted by Gasteiger charge is 2.19. The van der Waals surface area contributed by atoms with E-state index >= 15 is 0 Å². The first-order valence-electron chi connectivity index (χ1n) is 6.39. The number of rotatable bonds is 5. The molecule has 114 valence electrons. The van der Waals surface area contributed by atoms with Crippen molar-refractivity contribution in [2.75, 3.05) is 5.75 Å². The summed E-state index contributed by atoms with van der Waals surface area (Å²) < 4.78 is 0. The average Bonchev–Trinajstić information content (AvgIpc) is 2.41. The van der Waals surface area contributed by atoms with Crippen LogP contribution in [0.5, 0.6) is 0 Å². The summed E-state index contributed by atoms with van der Waals surface area (Å²) in [7, 11) is 0. The molecular weight excluding hydrogens is 290 g/mol. The summed E-state index contributed by atoms with van der Waals surface area (Å²) in [5, 5.41) is 11.2. The number of carbonyl (C=O) groups excluding carboxylic acids is 1. The van der Waals surface area contributed by atoms with Gasteiger partial charge in [-0.05, 0) is 32.9 Å². The van der Waals surface area contributed by atoms with E-state index in [1.54, 1.807) is 18.3 Å². The standard InChI is InChI=1S/C14H19N3O3S/c1-14(2,3)16-7-10-5-4-9(6-15-10)12(18)17-11(8-21)13(19)20/h4-7,11,21H,8H2,1-3H3,(H,17,18)(H,19,20)/b16-7-. The molecule has 1 aromatic rings. The molecule has 0 saturated carbocycles. The van der Waals surface area contributed by atoms with Crippen molar-refractivity contribution in [2.24, 2.45) is 4.99 Å². The largest absolute Gasteiger partial charge is 0.480 e. The fraction of sp³-hybridized carbons (Fsp3) is 0.429. The van der Waals surface area contributed by atoms with Crippen LogP contribution in [0.4, 0.5) is 0 Å². The second-order valence-electron chi connectivity index (χ2n) is 5.45. The van der Waals surface area contributed by atoms with Crippen molar-refractivity contribution < 1.29 is 14.7 Å². The predicted octanol–water partition coefficient (Wildman–Crippen LogP) is 1.41. The number of aliphatic carboxylic acids is 1. The molecule has 0 bridgehead atoms. The van der Waals surface area contributed by atoms with Crippen molar-refractivity contribution in [3.63, 3.8) is 0 Å². The van der Waals surface area contributed by atoms with E-state index in [9.17, 15) is 9.59 Å². The van der Waals surface area contributed by atoms with Crippen LogP contribution in [0.25, 0.3) is 0 Å². The maximum Gasteiger partial charge on any atom is 0.327 e. The Morgan fingerprint density at radius 2 is 2.14 bits per heavy atom. The third-order valence-electron chi connectivity index (χ3n) is 2.42. The van der Waals surface area contributed by atoms with Crippen molar-refractivity contribution >= 4 is 30.7 Å². The molecule has 1 atom stereocenters. The molecule has 0 spiro atoms. The third-order valence-corrected chi connectivity index (χ3v) is 2.78. The molecule has 1 aromatic heterocycles. The number of nitrogens with one attached hydrogen (secondary N) is 1. The van der Waals surface area contributed by atoms with E-state index in [4.69, 9.17) is 5.11 Å². The van der Waals surface area contributed by atoms with Crippen LogP contribution in [0.1, 0.15) is 36.8 Å². The summed E-state index contributed by atoms with van der Waals surface area (Å²) in [6.45, 7) is 5.90. The Kier molecular flexibility index (Phi) is 5.90. The van der Waals surface area contributed by atoms with Gasteiger partial charge in [0, 0.05) is 18.2 Å². The summed E-state index contributed by atoms with van der Waals surface area (Å²) in [5.74, 6) is -1.60. The van der Waals surface area contributed by atoms with Gasteiger partial charge in [0.05, 0.1) is 16.8 Å². The Hall–Kier alpha value is -1.89. The van der Waals surface area contributed by atoms with E-state index in [0.717, 1.165) is 0 Å². The number of thiol groups is 1. The zero-order valence-electron chi connectivity index (χ0n) is 12.2. The fourth-order valence-corrected chi connectivity index (χ4v) is 1.55. The maximum atomic E-state index is 11.9. The van der Waals surface area contributed by atoms with Gasteiger partial charge in [0.1, 0.15) is 6.04 Å². The van der Waals surface area contributed by atoms with Crippen LogP contribution in [-0.2, 0) is 4.79 Å². The number of carbonyl (C=O) groups is 2. The molecule has 0 aliphatic rings. The van der Waals surface area contributed by atoms with E-state index in [1.165, 1.54) is 6.20 Å². The van der Waals surface area contributed by atoms with Gasteiger partial charge < -0.3 is 10.4 Å². The molecule has 0 aliphatic heterocycles. The molecule has 1 rings (SSSR count). The minimum Gasteiger partial charge on any atom is -0.480 e. The quantitative estimate of drug-likeness (QED) is 0.566. The van der Waals surface area contributed by atoms with Gasteiger partial charge >= 0.3 is 5.97 Å². The Balaban J connectivity index is 2.76. The first-order chi connectivity index (χ1) is 9.73. The van der Waals surface area contributed by atoms with Crippen LogP contribution < -0.4 is 5.32 Å². The number of aromatic nitrogens is 1. The Morgan fingerprint density at radius 1 is 1.48 bits per heavy atom. The zero-order chi connectivity index (χ0) is 16.0. The van der Waals surface area contributed by atoms with Crippen LogP contribution >= 0.6 is 12.6 Å². The lowest BCUT2D eigenvalue weighted by molar-refractivity contribution is -0.138. The summed E-state index contributed by atoms with van der Waals surface area (Å²) >= 11 is 3.88. The Morgan fingerprint density at radius 3 is 2.57 bits per heavy atom. The van der Waals surface area contributed by atoms with Crippen molar-refractivity contribution in [3.05, 3.63) is 29.6 Å². The first-order valence-corrected chi connectivity index (χ1v) is 7.02. The summed E-state index contributed by atoms with van der Waals surface area (Å²) in [5.41, 5.74) is 0.723. The molecule has 2 N–H and O–H groups in total. The van der Waals surface area contributed by atoms with Crippen molar-refractivity contribution in [1.82, 2.24) is 10.3 Å². The SMILES string of the molecule is CC(C)(C)/N=C\c1ccc(C(=O)NC(CS)C(=O)O)cn1. The second kappa shape index (κ2) is 7.21. The normalized spacial score (nSPS) is 13.1. The lowest BCUT2D eigenvalue weighted by atomic mass is 10.1. The minimum atomic E-state index is -1.12. The van der Waals surface area contributed by atoms with Crippen LogP contribution in [0.15, 0.2) is 23.3 Å². The lowest BCUT2D eigenvalue weighted by Crippen LogP contribution is -2.42. The minimum absolute atomic E-state index is 0.0187. The Bertz CT molecular complexity index is 535. The lowest BCUT2D eigenvalue weighted by Gasteiger charge is -2.12. The molecular formula is C14H19N3O3S. The van der Waals surface area contributed by atoms with Crippen LogP contribution in [0.3, 0.4) is 0 Å². The van der Waals surface area contributed by atoms with Gasteiger partial charge in [-0.15, -0.1) is 0 Å². The van der Waals surface area contributed by atoms with Gasteiger partial charge in [0.15, 0.2) is 0 Å². The van der Waals surface area contributed by atoms with E-state index in [-0.39, 0.29) is 16.9 Å². The number of hydrogen-bond donors (Lipinski definition) is 3. The number of carboxylic acids is 1. The monoisotopic (exact) mass is 309 g/mol. The molecule has 0 radical (unpaired) electrons. The number of pyridine rings is 1. The molecule has 6 nitrogen and oxygen atoms in total. The maximum absolute atomic E-state index is 11.9. The number of amides is 1. The van der Waals surface area contributed by atoms with Gasteiger partial charge in [-0.25, -0.2) is 4.79 Å². The van der Waals surface area contributed by atoms with Crippen LogP contribution in [0.2, 0.25) is 0 Å². The topological polar surface area (TPSA) is 91.7 Å². The summed E-state index contributed by atoms with van der Waals surface area (Å²) in [4.78, 5) is 31.1. The first kappa shape index (κ1) is 17.2. The molecule has 0 fully saturated rings. The molecule has 0 saturated heterocycles. The van der Waals surface area contributed by atoms with E-state index in [0.29, 0.717) is 5.69 Å². The molecule has 0 aromatic carbocycles. The van der Waals surface area contributed by atoms with E-state index in [2.05, 4.69) is 27.9 Å². The number of nitrogens with zero attached hydrogens (tertiary/aromatic N) is 2. The molecule has 0 aliphatic carbocycles. The summed E-state index contributed by atoms with van der Waals surface area (Å²) in [6.07, 6.45) is 3.02. The van der Waals surface area contributed by atoms with Crippen molar-refractivity contribution in [1.29, 1.82) is 0 Å². The van der Waals surface area contributed by atoms with Gasteiger partial charge in [-0.3, -0.25) is 14.8 Å². The Labute approximate surface area is 129 Å². The van der Waals surface area contributed by atoms with Gasteiger partial charge in [0.25, 0.3) is 5.91 Å². The smallest absolute Gasteiger partial charge is 0.327 e. The molecule has 1 heterocycles. The highest BCUT2D eigenvalue weighted by atomic mass is 32.1. The third kappa shape index (κ3) is 5.95. The molecule has 1 amide bonds. The van der Waals surface area contributed by atoms with Crippen LogP contribution in [0, 0.1) is 0 Å². The molecule has 1 unspecified atom stereocenters. The number of carboxylic acid groups (broad SMARTS) is 1. The second-order valence-corrected chi connectivity index (χ2v) is 5.81.